The van der Waals surface area contributed by atoms with E-state index in [0.717, 1.165) is 11.5 Å². The first-order valence-corrected chi connectivity index (χ1v) is 6.46. The van der Waals surface area contributed by atoms with E-state index >= 15 is 0 Å². The van der Waals surface area contributed by atoms with E-state index in [4.69, 9.17) is 23.2 Å². The van der Waals surface area contributed by atoms with Crippen LogP contribution in [0.2, 0.25) is 10.0 Å². The van der Waals surface area contributed by atoms with E-state index in [1.165, 1.54) is 12.8 Å². The van der Waals surface area contributed by atoms with Crippen molar-refractivity contribution in [1.82, 2.24) is 25.5 Å². The molecule has 0 amide bonds. The van der Waals surface area contributed by atoms with Crippen molar-refractivity contribution in [1.29, 1.82) is 0 Å². The van der Waals surface area contributed by atoms with Gasteiger partial charge in [-0.15, -0.1) is 5.10 Å². The van der Waals surface area contributed by atoms with Gasteiger partial charge in [0.25, 0.3) is 0 Å². The summed E-state index contributed by atoms with van der Waals surface area (Å²) in [6.07, 6.45) is 2.45. The van der Waals surface area contributed by atoms with Crippen molar-refractivity contribution in [2.45, 2.75) is 25.4 Å². The predicted octanol–water partition coefficient (Wildman–Crippen LogP) is 2.22. The maximum atomic E-state index is 6.15. The third-order valence-electron chi connectivity index (χ3n) is 2.80. The first-order chi connectivity index (χ1) is 8.74. The molecule has 1 aliphatic rings. The van der Waals surface area contributed by atoms with Gasteiger partial charge in [-0.2, -0.15) is 4.68 Å². The highest BCUT2D eigenvalue weighted by molar-refractivity contribution is 6.35. The number of aromatic nitrogens is 4. The molecule has 0 bridgehead atoms. The summed E-state index contributed by atoms with van der Waals surface area (Å²) in [6, 6.07) is 5.86. The number of nitrogens with one attached hydrogen (secondary N) is 1. The smallest absolute Gasteiger partial charge is 0.170 e. The lowest BCUT2D eigenvalue weighted by molar-refractivity contribution is 0.638. The second kappa shape index (κ2) is 4.84. The minimum atomic E-state index is 0.530. The molecule has 0 radical (unpaired) electrons. The van der Waals surface area contributed by atoms with Gasteiger partial charge in [0, 0.05) is 11.1 Å². The number of hydrogen-bond acceptors (Lipinski definition) is 4. The first-order valence-electron chi connectivity index (χ1n) is 5.70. The molecule has 1 N–H and O–H groups in total. The maximum Gasteiger partial charge on any atom is 0.170 e. The van der Waals surface area contributed by atoms with Crippen LogP contribution in [0.1, 0.15) is 18.7 Å². The molecular formula is C11H11Cl2N5. The lowest BCUT2D eigenvalue weighted by atomic mass is 10.3. The molecular weight excluding hydrogens is 273 g/mol. The Hall–Kier alpha value is -1.17. The Morgan fingerprint density at radius 2 is 2.17 bits per heavy atom. The molecule has 1 aromatic carbocycles. The van der Waals surface area contributed by atoms with Gasteiger partial charge >= 0.3 is 0 Å². The largest absolute Gasteiger partial charge is 0.307 e. The molecule has 1 saturated carbocycles. The summed E-state index contributed by atoms with van der Waals surface area (Å²) < 4.78 is 1.63. The highest BCUT2D eigenvalue weighted by Gasteiger charge is 2.21. The molecule has 0 aliphatic heterocycles. The SMILES string of the molecule is Clc1ccc(-n2nnnc2CNC2CC2)c(Cl)c1. The minimum absolute atomic E-state index is 0.530. The van der Waals surface area contributed by atoms with Crippen LogP contribution >= 0.6 is 23.2 Å². The van der Waals surface area contributed by atoms with Crippen molar-refractivity contribution >= 4 is 23.2 Å². The topological polar surface area (TPSA) is 55.6 Å². The average molecular weight is 284 g/mol. The zero-order valence-electron chi connectivity index (χ0n) is 9.48. The van der Waals surface area contributed by atoms with Crippen molar-refractivity contribution in [3.8, 4) is 5.69 Å². The Morgan fingerprint density at radius 3 is 2.89 bits per heavy atom. The molecule has 0 saturated heterocycles. The summed E-state index contributed by atoms with van der Waals surface area (Å²) in [5, 5.41) is 16.1. The van der Waals surface area contributed by atoms with Crippen molar-refractivity contribution in [3.05, 3.63) is 34.1 Å². The first kappa shape index (κ1) is 11.9. The van der Waals surface area contributed by atoms with Gasteiger partial charge in [0.2, 0.25) is 0 Å². The fourth-order valence-corrected chi connectivity index (χ4v) is 2.17. The number of rotatable bonds is 4. The van der Waals surface area contributed by atoms with E-state index in [2.05, 4.69) is 20.8 Å². The Balaban J connectivity index is 1.88. The summed E-state index contributed by atoms with van der Waals surface area (Å²) in [5.74, 6) is 0.742. The summed E-state index contributed by atoms with van der Waals surface area (Å²) in [6.45, 7) is 0.636. The molecule has 3 rings (SSSR count). The van der Waals surface area contributed by atoms with Crippen LogP contribution in [0.3, 0.4) is 0 Å². The van der Waals surface area contributed by atoms with Crippen molar-refractivity contribution in [2.75, 3.05) is 0 Å². The third kappa shape index (κ3) is 2.48. The van der Waals surface area contributed by atoms with Crippen LogP contribution < -0.4 is 5.32 Å². The second-order valence-corrected chi connectivity index (χ2v) is 5.10. The van der Waals surface area contributed by atoms with Crippen molar-refractivity contribution < 1.29 is 0 Å². The average Bonchev–Trinajstić information content (AvgIpc) is 3.06. The van der Waals surface area contributed by atoms with Crippen molar-refractivity contribution in [3.63, 3.8) is 0 Å². The summed E-state index contributed by atoms with van der Waals surface area (Å²) in [7, 11) is 0. The second-order valence-electron chi connectivity index (χ2n) is 4.26. The molecule has 5 nitrogen and oxygen atoms in total. The summed E-state index contributed by atoms with van der Waals surface area (Å²) in [5.41, 5.74) is 0.735. The number of tetrazole rings is 1. The molecule has 94 valence electrons. The van der Waals surface area contributed by atoms with E-state index in [1.54, 1.807) is 16.8 Å². The monoisotopic (exact) mass is 283 g/mol. The molecule has 2 aromatic rings. The van der Waals surface area contributed by atoms with E-state index < -0.39 is 0 Å². The van der Waals surface area contributed by atoms with Crippen LogP contribution in [0.25, 0.3) is 5.69 Å². The standard InChI is InChI=1S/C11H11Cl2N5/c12-7-1-4-10(9(13)5-7)18-11(15-16-17-18)6-14-8-2-3-8/h1,4-5,8,14H,2-3,6H2. The molecule has 0 atom stereocenters. The van der Waals surface area contributed by atoms with E-state index in [0.29, 0.717) is 22.6 Å². The van der Waals surface area contributed by atoms with Gasteiger partial charge in [0.05, 0.1) is 17.3 Å². The summed E-state index contributed by atoms with van der Waals surface area (Å²) in [4.78, 5) is 0. The van der Waals surface area contributed by atoms with Gasteiger partial charge in [0.1, 0.15) is 0 Å². The highest BCUT2D eigenvalue weighted by atomic mass is 35.5. The normalized spacial score (nSPS) is 15.0. The molecule has 0 spiro atoms. The Bertz CT molecular complexity index is 564. The van der Waals surface area contributed by atoms with E-state index in [-0.39, 0.29) is 0 Å². The van der Waals surface area contributed by atoms with Crippen LogP contribution in [-0.4, -0.2) is 26.2 Å². The molecule has 1 heterocycles. The summed E-state index contributed by atoms with van der Waals surface area (Å²) >= 11 is 12.0. The zero-order chi connectivity index (χ0) is 12.5. The van der Waals surface area contributed by atoms with E-state index in [1.807, 2.05) is 6.07 Å². The quantitative estimate of drug-likeness (QED) is 0.935. The van der Waals surface area contributed by atoms with Crippen LogP contribution in [0, 0.1) is 0 Å². The molecule has 7 heteroatoms. The van der Waals surface area contributed by atoms with Gasteiger partial charge in [-0.3, -0.25) is 0 Å². The van der Waals surface area contributed by atoms with Gasteiger partial charge < -0.3 is 5.32 Å². The van der Waals surface area contributed by atoms with Crippen LogP contribution in [0.15, 0.2) is 18.2 Å². The number of nitrogens with zero attached hydrogens (tertiary/aromatic N) is 4. The van der Waals surface area contributed by atoms with Crippen LogP contribution in [0.4, 0.5) is 0 Å². The molecule has 1 fully saturated rings. The van der Waals surface area contributed by atoms with Crippen LogP contribution in [-0.2, 0) is 6.54 Å². The van der Waals surface area contributed by atoms with Crippen LogP contribution in [0.5, 0.6) is 0 Å². The Labute approximate surface area is 114 Å². The Morgan fingerprint density at radius 1 is 1.33 bits per heavy atom. The minimum Gasteiger partial charge on any atom is -0.307 e. The number of halogens is 2. The highest BCUT2D eigenvalue weighted by Crippen LogP contribution is 2.24. The van der Waals surface area contributed by atoms with E-state index in [9.17, 15) is 0 Å². The van der Waals surface area contributed by atoms with Crippen molar-refractivity contribution in [2.24, 2.45) is 0 Å². The zero-order valence-corrected chi connectivity index (χ0v) is 11.0. The fourth-order valence-electron chi connectivity index (χ4n) is 1.68. The molecule has 1 aliphatic carbocycles. The lowest BCUT2D eigenvalue weighted by Crippen LogP contribution is -2.19. The molecule has 0 unspecified atom stereocenters. The number of hydrogen-bond donors (Lipinski definition) is 1. The van der Waals surface area contributed by atoms with Gasteiger partial charge in [0.15, 0.2) is 5.82 Å². The third-order valence-corrected chi connectivity index (χ3v) is 3.34. The number of benzene rings is 1. The molecule has 18 heavy (non-hydrogen) atoms. The maximum absolute atomic E-state index is 6.15. The van der Waals surface area contributed by atoms with Gasteiger partial charge in [-0.1, -0.05) is 23.2 Å². The van der Waals surface area contributed by atoms with Gasteiger partial charge in [-0.05, 0) is 41.5 Å². The molecule has 1 aromatic heterocycles. The lowest BCUT2D eigenvalue weighted by Gasteiger charge is -2.07. The fraction of sp³-hybridized carbons (Fsp3) is 0.364. The van der Waals surface area contributed by atoms with Gasteiger partial charge in [-0.25, -0.2) is 0 Å². The Kier molecular flexibility index (Phi) is 3.20. The predicted molar refractivity (Wildman–Crippen MR) is 69.0 cm³/mol.